The predicted molar refractivity (Wildman–Crippen MR) is 86.4 cm³/mol. The van der Waals surface area contributed by atoms with Gasteiger partial charge in [-0.1, -0.05) is 30.3 Å². The third-order valence-electron chi connectivity index (χ3n) is 3.17. The molecular formula is C16H18N2O3S. The van der Waals surface area contributed by atoms with Crippen molar-refractivity contribution in [1.29, 1.82) is 0 Å². The first-order valence-electron chi connectivity index (χ1n) is 6.97. The summed E-state index contributed by atoms with van der Waals surface area (Å²) in [5, 5.41) is 0.432. The number of ether oxygens (including phenoxy) is 1. The van der Waals surface area contributed by atoms with E-state index >= 15 is 0 Å². The van der Waals surface area contributed by atoms with Crippen LogP contribution in [0.3, 0.4) is 0 Å². The number of rotatable bonds is 6. The van der Waals surface area contributed by atoms with Gasteiger partial charge < -0.3 is 9.72 Å². The molecule has 1 N–H and O–H groups in total. The third kappa shape index (κ3) is 4.21. The Labute approximate surface area is 133 Å². The molecule has 1 aromatic heterocycles. The number of thioether (sulfide) groups is 1. The van der Waals surface area contributed by atoms with Crippen molar-refractivity contribution >= 4 is 17.7 Å². The Balaban J connectivity index is 2.03. The number of nitrogens with one attached hydrogen (secondary N) is 1. The van der Waals surface area contributed by atoms with Gasteiger partial charge in [0.25, 0.3) is 0 Å². The van der Waals surface area contributed by atoms with Gasteiger partial charge in [0.2, 0.25) is 0 Å². The minimum absolute atomic E-state index is 0.340. The van der Waals surface area contributed by atoms with Crippen molar-refractivity contribution in [1.82, 2.24) is 9.97 Å². The Morgan fingerprint density at radius 1 is 1.32 bits per heavy atom. The van der Waals surface area contributed by atoms with Crippen LogP contribution in [0.2, 0.25) is 0 Å². The zero-order chi connectivity index (χ0) is 15.9. The van der Waals surface area contributed by atoms with E-state index in [0.717, 1.165) is 18.6 Å². The lowest BCUT2D eigenvalue weighted by molar-refractivity contribution is 0.0594. The molecule has 0 amide bonds. The van der Waals surface area contributed by atoms with E-state index < -0.39 is 11.7 Å². The van der Waals surface area contributed by atoms with Gasteiger partial charge in [-0.05, 0) is 31.1 Å². The van der Waals surface area contributed by atoms with Crippen LogP contribution in [0.25, 0.3) is 0 Å². The van der Waals surface area contributed by atoms with Crippen molar-refractivity contribution in [3.63, 3.8) is 0 Å². The van der Waals surface area contributed by atoms with Crippen molar-refractivity contribution < 1.29 is 9.53 Å². The van der Waals surface area contributed by atoms with Gasteiger partial charge in [-0.2, -0.15) is 4.98 Å². The molecule has 116 valence electrons. The number of carbonyl (C=O) groups excluding carboxylic acids is 1. The van der Waals surface area contributed by atoms with Crippen LogP contribution < -0.4 is 5.69 Å². The van der Waals surface area contributed by atoms with E-state index in [1.807, 2.05) is 18.2 Å². The second-order valence-corrected chi connectivity index (χ2v) is 5.86. The van der Waals surface area contributed by atoms with Crippen LogP contribution in [0.5, 0.6) is 0 Å². The van der Waals surface area contributed by atoms with Gasteiger partial charge in [0.15, 0.2) is 0 Å². The van der Waals surface area contributed by atoms with E-state index in [9.17, 15) is 9.59 Å². The molecule has 2 aromatic rings. The number of esters is 1. The number of carbonyl (C=O) groups is 1. The number of hydrogen-bond donors (Lipinski definition) is 1. The van der Waals surface area contributed by atoms with Gasteiger partial charge in [0.05, 0.1) is 7.11 Å². The Bertz CT molecular complexity index is 698. The molecule has 0 bridgehead atoms. The summed E-state index contributed by atoms with van der Waals surface area (Å²) in [6, 6.07) is 10.2. The molecule has 2 rings (SSSR count). The summed E-state index contributed by atoms with van der Waals surface area (Å²) in [5.74, 6) is 0.293. The first kappa shape index (κ1) is 16.3. The van der Waals surface area contributed by atoms with Crippen LogP contribution in [0.15, 0.2) is 40.2 Å². The molecular weight excluding hydrogens is 300 g/mol. The van der Waals surface area contributed by atoms with Gasteiger partial charge in [-0.15, -0.1) is 11.8 Å². The molecule has 0 saturated carbocycles. The molecule has 0 unspecified atom stereocenters. The standard InChI is InChI=1S/C16H18N2O3S/c1-11-13(15(19)21-2)14(18-16(20)17-11)22-10-6-9-12-7-4-3-5-8-12/h3-5,7-8H,6,9-10H2,1-2H3,(H,17,18,20). The SMILES string of the molecule is COC(=O)c1c(SCCCc2ccccc2)nc(=O)[nH]c1C. The summed E-state index contributed by atoms with van der Waals surface area (Å²) in [7, 11) is 1.32. The van der Waals surface area contributed by atoms with Gasteiger partial charge in [-0.3, -0.25) is 0 Å². The van der Waals surface area contributed by atoms with E-state index in [1.165, 1.54) is 24.4 Å². The summed E-state index contributed by atoms with van der Waals surface area (Å²) in [5.41, 5.74) is 1.64. The zero-order valence-electron chi connectivity index (χ0n) is 12.6. The third-order valence-corrected chi connectivity index (χ3v) is 4.23. The average Bonchev–Trinajstić information content (AvgIpc) is 2.51. The van der Waals surface area contributed by atoms with Crippen LogP contribution in [0.4, 0.5) is 0 Å². The fourth-order valence-corrected chi connectivity index (χ4v) is 3.11. The average molecular weight is 318 g/mol. The minimum atomic E-state index is -0.480. The molecule has 1 heterocycles. The van der Waals surface area contributed by atoms with Crippen molar-refractivity contribution in [3.8, 4) is 0 Å². The Morgan fingerprint density at radius 3 is 2.73 bits per heavy atom. The molecule has 0 saturated heterocycles. The van der Waals surface area contributed by atoms with Gasteiger partial charge in [-0.25, -0.2) is 9.59 Å². The molecule has 0 aliphatic heterocycles. The molecule has 0 fully saturated rings. The van der Waals surface area contributed by atoms with Gasteiger partial charge in [0.1, 0.15) is 10.6 Å². The molecule has 0 spiro atoms. The number of methoxy groups -OCH3 is 1. The highest BCUT2D eigenvalue weighted by atomic mass is 32.2. The highest BCUT2D eigenvalue weighted by Gasteiger charge is 2.18. The zero-order valence-corrected chi connectivity index (χ0v) is 13.4. The van der Waals surface area contributed by atoms with Crippen molar-refractivity contribution in [3.05, 3.63) is 57.6 Å². The van der Waals surface area contributed by atoms with Crippen LogP contribution in [0, 0.1) is 6.92 Å². The summed E-state index contributed by atoms with van der Waals surface area (Å²) < 4.78 is 4.76. The fraction of sp³-hybridized carbons (Fsp3) is 0.312. The van der Waals surface area contributed by atoms with E-state index in [2.05, 4.69) is 22.1 Å². The Hall–Kier alpha value is -2.08. The monoisotopic (exact) mass is 318 g/mol. The maximum Gasteiger partial charge on any atom is 0.346 e. The van der Waals surface area contributed by atoms with E-state index in [-0.39, 0.29) is 0 Å². The lowest BCUT2D eigenvalue weighted by Crippen LogP contribution is -2.19. The lowest BCUT2D eigenvalue weighted by Gasteiger charge is -2.08. The molecule has 0 atom stereocenters. The van der Waals surface area contributed by atoms with E-state index in [0.29, 0.717) is 16.3 Å². The smallest absolute Gasteiger partial charge is 0.346 e. The van der Waals surface area contributed by atoms with Crippen LogP contribution in [-0.2, 0) is 11.2 Å². The van der Waals surface area contributed by atoms with Gasteiger partial charge >= 0.3 is 11.7 Å². The fourth-order valence-electron chi connectivity index (χ4n) is 2.10. The predicted octanol–water partition coefficient (Wildman–Crippen LogP) is 2.59. The number of aryl methyl sites for hydroxylation is 2. The van der Waals surface area contributed by atoms with Crippen molar-refractivity contribution in [2.75, 3.05) is 12.9 Å². The number of aromatic nitrogens is 2. The number of benzene rings is 1. The first-order valence-corrected chi connectivity index (χ1v) is 7.96. The molecule has 22 heavy (non-hydrogen) atoms. The topological polar surface area (TPSA) is 72.0 Å². The maximum atomic E-state index is 11.8. The molecule has 1 aromatic carbocycles. The number of nitrogens with zero attached hydrogens (tertiary/aromatic N) is 1. The van der Waals surface area contributed by atoms with Crippen LogP contribution in [0.1, 0.15) is 28.0 Å². The highest BCUT2D eigenvalue weighted by molar-refractivity contribution is 7.99. The quantitative estimate of drug-likeness (QED) is 0.383. The van der Waals surface area contributed by atoms with E-state index in [4.69, 9.17) is 4.74 Å². The molecule has 0 radical (unpaired) electrons. The van der Waals surface area contributed by atoms with Crippen LogP contribution >= 0.6 is 11.8 Å². The second kappa shape index (κ2) is 7.79. The first-order chi connectivity index (χ1) is 10.6. The lowest BCUT2D eigenvalue weighted by atomic mass is 10.1. The van der Waals surface area contributed by atoms with E-state index in [1.54, 1.807) is 6.92 Å². The number of hydrogen-bond acceptors (Lipinski definition) is 5. The minimum Gasteiger partial charge on any atom is -0.465 e. The summed E-state index contributed by atoms with van der Waals surface area (Å²) in [4.78, 5) is 29.7. The van der Waals surface area contributed by atoms with Gasteiger partial charge in [0, 0.05) is 5.69 Å². The molecule has 5 nitrogen and oxygen atoms in total. The highest BCUT2D eigenvalue weighted by Crippen LogP contribution is 2.22. The maximum absolute atomic E-state index is 11.8. The molecule has 0 aliphatic rings. The Kier molecular flexibility index (Phi) is 5.77. The molecule has 6 heteroatoms. The Morgan fingerprint density at radius 2 is 2.05 bits per heavy atom. The normalized spacial score (nSPS) is 10.5. The van der Waals surface area contributed by atoms with Crippen LogP contribution in [-0.4, -0.2) is 28.8 Å². The molecule has 0 aliphatic carbocycles. The van der Waals surface area contributed by atoms with Crippen molar-refractivity contribution in [2.45, 2.75) is 24.8 Å². The number of aromatic amines is 1. The number of H-pyrrole nitrogens is 1. The van der Waals surface area contributed by atoms with Crippen molar-refractivity contribution in [2.24, 2.45) is 0 Å². The summed E-state index contributed by atoms with van der Waals surface area (Å²) >= 11 is 1.41. The largest absolute Gasteiger partial charge is 0.465 e. The summed E-state index contributed by atoms with van der Waals surface area (Å²) in [6.07, 6.45) is 1.88. The summed E-state index contributed by atoms with van der Waals surface area (Å²) in [6.45, 7) is 1.67. The second-order valence-electron chi connectivity index (χ2n) is 4.78.